The van der Waals surface area contributed by atoms with Gasteiger partial charge in [-0.15, -0.1) is 12.4 Å². The van der Waals surface area contributed by atoms with Gasteiger partial charge in [-0.05, 0) is 59.7 Å². The Bertz CT molecular complexity index is 267. The van der Waals surface area contributed by atoms with E-state index < -0.39 is 0 Å². The van der Waals surface area contributed by atoms with Gasteiger partial charge in [0.15, 0.2) is 0 Å². The van der Waals surface area contributed by atoms with Crippen molar-refractivity contribution in [2.75, 3.05) is 6.54 Å². The van der Waals surface area contributed by atoms with Gasteiger partial charge >= 0.3 is 0 Å². The second-order valence-electron chi connectivity index (χ2n) is 3.55. The van der Waals surface area contributed by atoms with E-state index in [4.69, 9.17) is 0 Å². The topological polar surface area (TPSA) is 12.0 Å². The molecule has 3 heteroatoms. The molecule has 1 aliphatic rings. The molecule has 1 N–H and O–H groups in total. The number of benzene rings is 1. The van der Waals surface area contributed by atoms with Crippen LogP contribution in [-0.2, 0) is 0 Å². The van der Waals surface area contributed by atoms with Crippen LogP contribution in [0.5, 0.6) is 0 Å². The highest BCUT2D eigenvalue weighted by Gasteiger charge is 2.13. The van der Waals surface area contributed by atoms with Gasteiger partial charge < -0.3 is 5.32 Å². The summed E-state index contributed by atoms with van der Waals surface area (Å²) < 4.78 is 1.32. The van der Waals surface area contributed by atoms with Gasteiger partial charge in [-0.25, -0.2) is 0 Å². The minimum absolute atomic E-state index is 0. The van der Waals surface area contributed by atoms with Crippen LogP contribution in [0.1, 0.15) is 30.9 Å². The summed E-state index contributed by atoms with van der Waals surface area (Å²) in [4.78, 5) is 0. The summed E-state index contributed by atoms with van der Waals surface area (Å²) in [5.74, 6) is 0. The van der Waals surface area contributed by atoms with Crippen molar-refractivity contribution in [3.05, 3.63) is 33.4 Å². The van der Waals surface area contributed by atoms with Crippen molar-refractivity contribution in [2.45, 2.75) is 25.3 Å². The predicted octanol–water partition coefficient (Wildman–Crippen LogP) is 3.53. The molecule has 14 heavy (non-hydrogen) atoms. The van der Waals surface area contributed by atoms with Crippen molar-refractivity contribution >= 4 is 35.0 Å². The van der Waals surface area contributed by atoms with Crippen LogP contribution in [0.25, 0.3) is 0 Å². The van der Waals surface area contributed by atoms with E-state index in [1.165, 1.54) is 34.9 Å². The lowest BCUT2D eigenvalue weighted by atomic mass is 9.98. The second kappa shape index (κ2) is 5.93. The summed E-state index contributed by atoms with van der Waals surface area (Å²) in [5.41, 5.74) is 1.44. The molecule has 78 valence electrons. The maximum absolute atomic E-state index is 3.55. The summed E-state index contributed by atoms with van der Waals surface area (Å²) in [6.45, 7) is 1.18. The molecule has 0 aromatic heterocycles. The van der Waals surface area contributed by atoms with E-state index in [1.807, 2.05) is 0 Å². The molecular weight excluding hydrogens is 308 g/mol. The van der Waals surface area contributed by atoms with E-state index in [1.54, 1.807) is 0 Å². The zero-order valence-corrected chi connectivity index (χ0v) is 11.0. The van der Waals surface area contributed by atoms with Gasteiger partial charge in [0.2, 0.25) is 0 Å². The summed E-state index contributed by atoms with van der Waals surface area (Å²) in [5, 5.41) is 3.55. The standard InChI is InChI=1S/C11H14IN.ClH/c12-10-6-4-9(5-7-10)11-3-1-2-8-13-11;/h4-7,11,13H,1-3,8H2;1H/t11-;/m1./s1. The van der Waals surface area contributed by atoms with Crippen LogP contribution in [0.15, 0.2) is 24.3 Å². The molecule has 1 saturated heterocycles. The summed E-state index contributed by atoms with van der Waals surface area (Å²) in [7, 11) is 0. The first-order valence-electron chi connectivity index (χ1n) is 4.85. The Morgan fingerprint density at radius 1 is 1.14 bits per heavy atom. The van der Waals surface area contributed by atoms with Crippen molar-refractivity contribution in [3.8, 4) is 0 Å². The van der Waals surface area contributed by atoms with Crippen LogP contribution in [0.3, 0.4) is 0 Å². The number of piperidine rings is 1. The summed E-state index contributed by atoms with van der Waals surface area (Å²) in [6.07, 6.45) is 3.99. The highest BCUT2D eigenvalue weighted by molar-refractivity contribution is 14.1. The zero-order valence-electron chi connectivity index (χ0n) is 8.00. The third kappa shape index (κ3) is 3.11. The summed E-state index contributed by atoms with van der Waals surface area (Å²) >= 11 is 2.35. The highest BCUT2D eigenvalue weighted by Crippen LogP contribution is 2.23. The Labute approximate surface area is 105 Å². The first-order valence-corrected chi connectivity index (χ1v) is 5.93. The van der Waals surface area contributed by atoms with Gasteiger partial charge in [-0.2, -0.15) is 0 Å². The van der Waals surface area contributed by atoms with Crippen LogP contribution in [0, 0.1) is 3.57 Å². The monoisotopic (exact) mass is 323 g/mol. The van der Waals surface area contributed by atoms with Crippen LogP contribution in [-0.4, -0.2) is 6.54 Å². The molecule has 1 aliphatic heterocycles. The molecule has 0 radical (unpaired) electrons. The molecule has 1 heterocycles. The molecule has 0 aliphatic carbocycles. The first-order chi connectivity index (χ1) is 6.36. The van der Waals surface area contributed by atoms with Gasteiger partial charge in [0.1, 0.15) is 0 Å². The number of hydrogen-bond donors (Lipinski definition) is 1. The Morgan fingerprint density at radius 3 is 2.43 bits per heavy atom. The Morgan fingerprint density at radius 2 is 1.86 bits per heavy atom. The third-order valence-corrected chi connectivity index (χ3v) is 3.30. The predicted molar refractivity (Wildman–Crippen MR) is 71.0 cm³/mol. The number of nitrogens with one attached hydrogen (secondary N) is 1. The average Bonchev–Trinajstić information content (AvgIpc) is 2.20. The molecule has 0 bridgehead atoms. The average molecular weight is 324 g/mol. The summed E-state index contributed by atoms with van der Waals surface area (Å²) in [6, 6.07) is 9.46. The van der Waals surface area contributed by atoms with Crippen molar-refractivity contribution in [1.29, 1.82) is 0 Å². The minimum atomic E-state index is 0. The first kappa shape index (κ1) is 12.3. The van der Waals surface area contributed by atoms with E-state index in [-0.39, 0.29) is 12.4 Å². The smallest absolute Gasteiger partial charge is 0.0320 e. The molecule has 1 nitrogen and oxygen atoms in total. The fourth-order valence-corrected chi connectivity index (χ4v) is 2.19. The SMILES string of the molecule is Cl.Ic1ccc([C@H]2CCCCN2)cc1. The van der Waals surface area contributed by atoms with Gasteiger partial charge in [0, 0.05) is 9.61 Å². The molecule has 0 saturated carbocycles. The largest absolute Gasteiger partial charge is 0.310 e. The van der Waals surface area contributed by atoms with Crippen molar-refractivity contribution in [1.82, 2.24) is 5.32 Å². The lowest BCUT2D eigenvalue weighted by Crippen LogP contribution is -2.26. The number of halogens is 2. The van der Waals surface area contributed by atoms with Crippen molar-refractivity contribution in [2.24, 2.45) is 0 Å². The van der Waals surface area contributed by atoms with E-state index in [2.05, 4.69) is 52.2 Å². The minimum Gasteiger partial charge on any atom is -0.310 e. The van der Waals surface area contributed by atoms with Gasteiger partial charge in [0.05, 0.1) is 0 Å². The fraction of sp³-hybridized carbons (Fsp3) is 0.455. The van der Waals surface area contributed by atoms with Gasteiger partial charge in [-0.1, -0.05) is 18.6 Å². The lowest BCUT2D eigenvalue weighted by molar-refractivity contribution is 0.412. The van der Waals surface area contributed by atoms with E-state index in [9.17, 15) is 0 Å². The maximum Gasteiger partial charge on any atom is 0.0320 e. The molecule has 0 amide bonds. The van der Waals surface area contributed by atoms with Crippen LogP contribution in [0.2, 0.25) is 0 Å². The number of rotatable bonds is 1. The molecule has 0 unspecified atom stereocenters. The lowest BCUT2D eigenvalue weighted by Gasteiger charge is -2.23. The Hall–Kier alpha value is 0.200. The van der Waals surface area contributed by atoms with Crippen molar-refractivity contribution in [3.63, 3.8) is 0 Å². The quantitative estimate of drug-likeness (QED) is 0.780. The highest BCUT2D eigenvalue weighted by atomic mass is 127. The van der Waals surface area contributed by atoms with Crippen molar-refractivity contribution < 1.29 is 0 Å². The van der Waals surface area contributed by atoms with Crippen LogP contribution < -0.4 is 5.32 Å². The number of hydrogen-bond acceptors (Lipinski definition) is 1. The van der Waals surface area contributed by atoms with E-state index >= 15 is 0 Å². The molecule has 1 atom stereocenters. The third-order valence-electron chi connectivity index (χ3n) is 2.58. The molecule has 2 rings (SSSR count). The van der Waals surface area contributed by atoms with E-state index in [0.29, 0.717) is 6.04 Å². The zero-order chi connectivity index (χ0) is 9.10. The molecule has 1 aromatic carbocycles. The molecular formula is C11H15ClIN. The maximum atomic E-state index is 3.55. The second-order valence-corrected chi connectivity index (χ2v) is 4.80. The normalized spacial score (nSPS) is 21.4. The van der Waals surface area contributed by atoms with Gasteiger partial charge in [-0.3, -0.25) is 0 Å². The Balaban J connectivity index is 0.000000980. The van der Waals surface area contributed by atoms with Crippen LogP contribution >= 0.6 is 35.0 Å². The van der Waals surface area contributed by atoms with E-state index in [0.717, 1.165) is 0 Å². The molecule has 1 fully saturated rings. The van der Waals surface area contributed by atoms with Gasteiger partial charge in [0.25, 0.3) is 0 Å². The Kier molecular flexibility index (Phi) is 5.20. The fourth-order valence-electron chi connectivity index (χ4n) is 1.83. The van der Waals surface area contributed by atoms with Crippen LogP contribution in [0.4, 0.5) is 0 Å². The molecule has 1 aromatic rings. The molecule has 0 spiro atoms.